The predicted octanol–water partition coefficient (Wildman–Crippen LogP) is 1.77. The van der Waals surface area contributed by atoms with Crippen molar-refractivity contribution >= 4 is 5.78 Å². The second-order valence-corrected chi connectivity index (χ2v) is 12.8. The van der Waals surface area contributed by atoms with Gasteiger partial charge in [0.25, 0.3) is 0 Å². The van der Waals surface area contributed by atoms with Crippen LogP contribution in [0.4, 0.5) is 0 Å². The SMILES string of the molecule is CC(C)(O)CCC(O)C(C)(O)C1CCC2(O)C3=CC(=O)C4=CC(O)C(O)CC4(C)C3CCC12C. The highest BCUT2D eigenvalue weighted by Gasteiger charge is 2.68. The molecule has 0 spiro atoms. The number of carbonyl (C=O) groups is 1. The maximum absolute atomic E-state index is 13.2. The Morgan fingerprint density at radius 1 is 1.12 bits per heavy atom. The third-order valence-electron chi connectivity index (χ3n) is 10.0. The molecule has 0 aliphatic heterocycles. The Morgan fingerprint density at radius 3 is 2.38 bits per heavy atom. The third kappa shape index (κ3) is 3.66. The molecule has 192 valence electrons. The lowest BCUT2D eigenvalue weighted by molar-refractivity contribution is -0.168. The van der Waals surface area contributed by atoms with E-state index in [2.05, 4.69) is 0 Å². The number of hydrogen-bond acceptors (Lipinski definition) is 7. The third-order valence-corrected chi connectivity index (χ3v) is 10.0. The van der Waals surface area contributed by atoms with Crippen molar-refractivity contribution in [3.05, 3.63) is 23.3 Å². The molecular formula is C27H42O7. The van der Waals surface area contributed by atoms with Gasteiger partial charge in [-0.3, -0.25) is 4.79 Å². The van der Waals surface area contributed by atoms with Crippen molar-refractivity contribution in [2.75, 3.05) is 0 Å². The summed E-state index contributed by atoms with van der Waals surface area (Å²) in [5.41, 5.74) is -4.00. The number of carbonyl (C=O) groups excluding carboxylic acids is 1. The van der Waals surface area contributed by atoms with Crippen molar-refractivity contribution in [1.82, 2.24) is 0 Å². The lowest BCUT2D eigenvalue weighted by atomic mass is 9.47. The molecule has 4 aliphatic rings. The summed E-state index contributed by atoms with van der Waals surface area (Å²) in [7, 11) is 0. The number of fused-ring (bicyclic) bond motifs is 5. The average molecular weight is 479 g/mol. The fourth-order valence-corrected chi connectivity index (χ4v) is 7.87. The minimum Gasteiger partial charge on any atom is -0.390 e. The van der Waals surface area contributed by atoms with E-state index in [1.54, 1.807) is 20.8 Å². The molecule has 4 aliphatic carbocycles. The summed E-state index contributed by atoms with van der Waals surface area (Å²) in [5.74, 6) is -0.791. The normalized spacial score (nSPS) is 44.9. The van der Waals surface area contributed by atoms with Crippen molar-refractivity contribution in [3.8, 4) is 0 Å². The minimum absolute atomic E-state index is 0.152. The molecule has 2 saturated carbocycles. The average Bonchev–Trinajstić information content (AvgIpc) is 3.00. The lowest BCUT2D eigenvalue weighted by Gasteiger charge is -2.59. The van der Waals surface area contributed by atoms with Crippen LogP contribution >= 0.6 is 0 Å². The Labute approximate surface area is 202 Å². The zero-order valence-electron chi connectivity index (χ0n) is 21.1. The number of rotatable bonds is 5. The van der Waals surface area contributed by atoms with E-state index in [0.29, 0.717) is 43.3 Å². The summed E-state index contributed by atoms with van der Waals surface area (Å²) < 4.78 is 0. The van der Waals surface area contributed by atoms with Gasteiger partial charge in [-0.05, 0) is 95.3 Å². The number of ketones is 1. The van der Waals surface area contributed by atoms with Crippen LogP contribution in [0, 0.1) is 22.7 Å². The summed E-state index contributed by atoms with van der Waals surface area (Å²) >= 11 is 0. The van der Waals surface area contributed by atoms with Crippen molar-refractivity contribution in [3.63, 3.8) is 0 Å². The van der Waals surface area contributed by atoms with Crippen molar-refractivity contribution < 1.29 is 35.4 Å². The second-order valence-electron chi connectivity index (χ2n) is 12.8. The quantitative estimate of drug-likeness (QED) is 0.354. The largest absolute Gasteiger partial charge is 0.390 e. The molecule has 0 aromatic carbocycles. The van der Waals surface area contributed by atoms with Gasteiger partial charge in [-0.15, -0.1) is 0 Å². The van der Waals surface area contributed by atoms with E-state index in [4.69, 9.17) is 0 Å². The first-order valence-electron chi connectivity index (χ1n) is 12.7. The Hall–Kier alpha value is -1.09. The fourth-order valence-electron chi connectivity index (χ4n) is 7.87. The maximum atomic E-state index is 13.2. The number of aliphatic hydroxyl groups excluding tert-OH is 3. The Bertz CT molecular complexity index is 914. The highest BCUT2D eigenvalue weighted by atomic mass is 16.3. The van der Waals surface area contributed by atoms with E-state index in [1.807, 2.05) is 13.8 Å². The summed E-state index contributed by atoms with van der Waals surface area (Å²) in [6.07, 6.45) is 2.85. The van der Waals surface area contributed by atoms with Crippen LogP contribution in [-0.4, -0.2) is 71.5 Å². The maximum Gasteiger partial charge on any atom is 0.182 e. The first kappa shape index (κ1) is 26.0. The van der Waals surface area contributed by atoms with Gasteiger partial charge in [-0.1, -0.05) is 13.8 Å². The molecule has 7 nitrogen and oxygen atoms in total. The Kier molecular flexibility index (Phi) is 6.08. The van der Waals surface area contributed by atoms with Crippen LogP contribution in [-0.2, 0) is 4.79 Å². The molecule has 0 aromatic heterocycles. The van der Waals surface area contributed by atoms with E-state index < -0.39 is 51.9 Å². The van der Waals surface area contributed by atoms with Crippen molar-refractivity contribution in [2.45, 2.75) is 115 Å². The van der Waals surface area contributed by atoms with Gasteiger partial charge in [0, 0.05) is 16.4 Å². The summed E-state index contributed by atoms with van der Waals surface area (Å²) in [5, 5.41) is 65.3. The highest BCUT2D eigenvalue weighted by molar-refractivity contribution is 6.07. The van der Waals surface area contributed by atoms with Gasteiger partial charge in [0.2, 0.25) is 0 Å². The van der Waals surface area contributed by atoms with E-state index in [1.165, 1.54) is 12.2 Å². The first-order chi connectivity index (χ1) is 15.5. The van der Waals surface area contributed by atoms with E-state index >= 15 is 0 Å². The van der Waals surface area contributed by atoms with Crippen LogP contribution in [0.3, 0.4) is 0 Å². The Balaban J connectivity index is 1.69. The molecule has 9 atom stereocenters. The van der Waals surface area contributed by atoms with Crippen LogP contribution in [0.2, 0.25) is 0 Å². The van der Waals surface area contributed by atoms with E-state index in [-0.39, 0.29) is 24.5 Å². The zero-order chi connectivity index (χ0) is 25.5. The lowest BCUT2D eigenvalue weighted by Crippen LogP contribution is -2.61. The zero-order valence-corrected chi connectivity index (χ0v) is 21.1. The number of aliphatic hydroxyl groups is 6. The smallest absolute Gasteiger partial charge is 0.182 e. The van der Waals surface area contributed by atoms with Crippen molar-refractivity contribution in [2.24, 2.45) is 22.7 Å². The van der Waals surface area contributed by atoms with Gasteiger partial charge < -0.3 is 30.6 Å². The summed E-state index contributed by atoms with van der Waals surface area (Å²) in [4.78, 5) is 13.2. The molecule has 0 heterocycles. The van der Waals surface area contributed by atoms with Gasteiger partial charge in [0.1, 0.15) is 0 Å². The van der Waals surface area contributed by atoms with E-state index in [9.17, 15) is 35.4 Å². The van der Waals surface area contributed by atoms with Gasteiger partial charge in [0.15, 0.2) is 5.78 Å². The molecule has 0 saturated heterocycles. The predicted molar refractivity (Wildman–Crippen MR) is 127 cm³/mol. The Morgan fingerprint density at radius 2 is 1.76 bits per heavy atom. The number of allylic oxidation sites excluding steroid dienone is 2. The molecule has 34 heavy (non-hydrogen) atoms. The van der Waals surface area contributed by atoms with Gasteiger partial charge in [-0.2, -0.15) is 0 Å². The van der Waals surface area contributed by atoms with Gasteiger partial charge in [0.05, 0.1) is 35.1 Å². The molecule has 6 N–H and O–H groups in total. The molecule has 2 fully saturated rings. The van der Waals surface area contributed by atoms with E-state index in [0.717, 1.165) is 0 Å². The van der Waals surface area contributed by atoms with Crippen LogP contribution in [0.15, 0.2) is 23.3 Å². The second kappa shape index (κ2) is 7.95. The molecular weight excluding hydrogens is 436 g/mol. The summed E-state index contributed by atoms with van der Waals surface area (Å²) in [6, 6.07) is 0. The van der Waals surface area contributed by atoms with Crippen LogP contribution in [0.25, 0.3) is 0 Å². The summed E-state index contributed by atoms with van der Waals surface area (Å²) in [6.45, 7) is 8.86. The van der Waals surface area contributed by atoms with Crippen molar-refractivity contribution in [1.29, 1.82) is 0 Å². The van der Waals surface area contributed by atoms with Crippen LogP contribution in [0.1, 0.15) is 79.6 Å². The monoisotopic (exact) mass is 478 g/mol. The standard InChI is InChI=1S/C27H42O7/c1-23(2,32)9-8-22(31)26(5,33)21-7-11-27(34)16-12-18(28)17-13-19(29)20(30)14-24(17,3)15(16)6-10-25(21,27)4/h12-13,15,19-22,29-34H,6-11,14H2,1-5H3. The van der Waals surface area contributed by atoms with Gasteiger partial charge in [-0.25, -0.2) is 0 Å². The van der Waals surface area contributed by atoms with Crippen LogP contribution < -0.4 is 0 Å². The highest BCUT2D eigenvalue weighted by Crippen LogP contribution is 2.68. The molecule has 0 bridgehead atoms. The molecule has 7 heteroatoms. The topological polar surface area (TPSA) is 138 Å². The molecule has 0 aromatic rings. The van der Waals surface area contributed by atoms with Gasteiger partial charge >= 0.3 is 0 Å². The molecule has 9 unspecified atom stereocenters. The minimum atomic E-state index is -1.48. The fraction of sp³-hybridized carbons (Fsp3) is 0.815. The molecule has 0 radical (unpaired) electrons. The number of hydrogen-bond donors (Lipinski definition) is 6. The first-order valence-corrected chi connectivity index (χ1v) is 12.7. The molecule has 4 rings (SSSR count). The van der Waals surface area contributed by atoms with Crippen LogP contribution in [0.5, 0.6) is 0 Å². The molecule has 0 amide bonds.